The molecule has 0 unspecified atom stereocenters. The van der Waals surface area contributed by atoms with Gasteiger partial charge in [-0.05, 0) is 31.2 Å². The van der Waals surface area contributed by atoms with Gasteiger partial charge in [-0.25, -0.2) is 8.78 Å². The maximum absolute atomic E-state index is 13.1. The molecule has 1 aromatic heterocycles. The van der Waals surface area contributed by atoms with Crippen molar-refractivity contribution in [1.29, 1.82) is 0 Å². The first-order valence-corrected chi connectivity index (χ1v) is 5.76. The third kappa shape index (κ3) is 3.48. The van der Waals surface area contributed by atoms with Gasteiger partial charge in [0.1, 0.15) is 24.0 Å². The molecule has 1 heterocycles. The van der Waals surface area contributed by atoms with Crippen molar-refractivity contribution < 1.29 is 18.6 Å². The molecule has 2 rings (SSSR count). The van der Waals surface area contributed by atoms with E-state index in [4.69, 9.17) is 4.74 Å². The lowest BCUT2D eigenvalue weighted by molar-refractivity contribution is 0.189. The third-order valence-electron chi connectivity index (χ3n) is 2.58. The molecule has 1 N–H and O–H groups in total. The van der Waals surface area contributed by atoms with E-state index in [1.165, 1.54) is 37.4 Å². The molecule has 0 radical (unpaired) electrons. The molecule has 0 aliphatic rings. The Hall–Kier alpha value is -2.01. The van der Waals surface area contributed by atoms with E-state index in [1.54, 1.807) is 0 Å². The fraction of sp³-hybridized carbons (Fsp3) is 0.214. The van der Waals surface area contributed by atoms with Crippen LogP contribution in [0.1, 0.15) is 24.2 Å². The van der Waals surface area contributed by atoms with Gasteiger partial charge < -0.3 is 9.84 Å². The van der Waals surface area contributed by atoms with Crippen LogP contribution in [0.25, 0.3) is 0 Å². The second kappa shape index (κ2) is 5.75. The second-order valence-corrected chi connectivity index (χ2v) is 4.16. The molecule has 100 valence electrons. The first-order chi connectivity index (χ1) is 9.06. The van der Waals surface area contributed by atoms with Crippen LogP contribution in [0.4, 0.5) is 8.78 Å². The fourth-order valence-electron chi connectivity index (χ4n) is 1.67. The second-order valence-electron chi connectivity index (χ2n) is 4.16. The lowest BCUT2D eigenvalue weighted by Gasteiger charge is -2.13. The molecule has 3 nitrogen and oxygen atoms in total. The number of rotatable bonds is 4. The molecule has 5 heteroatoms. The van der Waals surface area contributed by atoms with E-state index in [0.717, 1.165) is 6.20 Å². The van der Waals surface area contributed by atoms with Crippen LogP contribution in [0.2, 0.25) is 0 Å². The van der Waals surface area contributed by atoms with Crippen molar-refractivity contribution in [3.63, 3.8) is 0 Å². The van der Waals surface area contributed by atoms with E-state index >= 15 is 0 Å². The number of aliphatic hydroxyl groups is 1. The predicted molar refractivity (Wildman–Crippen MR) is 65.6 cm³/mol. The Morgan fingerprint density at radius 3 is 2.68 bits per heavy atom. The van der Waals surface area contributed by atoms with Gasteiger partial charge in [0.2, 0.25) is 0 Å². The number of aliphatic hydroxyl groups excluding tert-OH is 1. The first-order valence-electron chi connectivity index (χ1n) is 5.76. The largest absolute Gasteiger partial charge is 0.488 e. The topological polar surface area (TPSA) is 42.4 Å². The summed E-state index contributed by atoms with van der Waals surface area (Å²) in [5.74, 6) is -0.535. The smallest absolute Gasteiger partial charge is 0.141 e. The molecular weight excluding hydrogens is 252 g/mol. The van der Waals surface area contributed by atoms with Gasteiger partial charge in [0.15, 0.2) is 0 Å². The van der Waals surface area contributed by atoms with Gasteiger partial charge in [0, 0.05) is 17.3 Å². The lowest BCUT2D eigenvalue weighted by atomic mass is 10.1. The molecule has 0 aliphatic carbocycles. The summed E-state index contributed by atoms with van der Waals surface area (Å²) < 4.78 is 31.5. The van der Waals surface area contributed by atoms with Crippen LogP contribution in [0.3, 0.4) is 0 Å². The summed E-state index contributed by atoms with van der Waals surface area (Å²) in [6.45, 7) is 1.61. The van der Waals surface area contributed by atoms with Crippen LogP contribution in [-0.2, 0) is 6.61 Å². The Morgan fingerprint density at radius 2 is 2.00 bits per heavy atom. The first kappa shape index (κ1) is 13.4. The number of pyridine rings is 1. The standard InChI is InChI=1S/C14H13F2NO2/c1-9(18)13-5-11(15)2-3-14(13)19-8-10-4-12(16)7-17-6-10/h2-7,9,18H,8H2,1H3/t9-/m0/s1. The molecule has 0 amide bonds. The van der Waals surface area contributed by atoms with Crippen molar-refractivity contribution in [3.05, 3.63) is 59.4 Å². The minimum absolute atomic E-state index is 0.0934. The van der Waals surface area contributed by atoms with Crippen LogP contribution in [0, 0.1) is 11.6 Å². The third-order valence-corrected chi connectivity index (χ3v) is 2.58. The van der Waals surface area contributed by atoms with E-state index in [9.17, 15) is 13.9 Å². The van der Waals surface area contributed by atoms with Crippen LogP contribution < -0.4 is 4.74 Å². The van der Waals surface area contributed by atoms with E-state index in [-0.39, 0.29) is 6.61 Å². The zero-order valence-corrected chi connectivity index (χ0v) is 10.3. The van der Waals surface area contributed by atoms with E-state index in [2.05, 4.69) is 4.98 Å². The highest BCUT2D eigenvalue weighted by Crippen LogP contribution is 2.26. The van der Waals surface area contributed by atoms with Crippen molar-refractivity contribution in [2.24, 2.45) is 0 Å². The highest BCUT2D eigenvalue weighted by atomic mass is 19.1. The Labute approximate surface area is 109 Å². The molecule has 0 aliphatic heterocycles. The molecule has 0 saturated heterocycles. The monoisotopic (exact) mass is 265 g/mol. The molecule has 0 spiro atoms. The summed E-state index contributed by atoms with van der Waals surface area (Å²) in [6, 6.07) is 5.19. The number of aromatic nitrogens is 1. The van der Waals surface area contributed by atoms with Gasteiger partial charge >= 0.3 is 0 Å². The molecule has 0 saturated carbocycles. The quantitative estimate of drug-likeness (QED) is 0.924. The highest BCUT2D eigenvalue weighted by Gasteiger charge is 2.11. The number of ether oxygens (including phenoxy) is 1. The number of halogens is 2. The Kier molecular flexibility index (Phi) is 4.06. The average molecular weight is 265 g/mol. The summed E-state index contributed by atoms with van der Waals surface area (Å²) in [5, 5.41) is 9.55. The number of hydrogen-bond acceptors (Lipinski definition) is 3. The van der Waals surface area contributed by atoms with E-state index < -0.39 is 17.7 Å². The minimum atomic E-state index is -0.851. The van der Waals surface area contributed by atoms with Crippen molar-refractivity contribution >= 4 is 0 Å². The minimum Gasteiger partial charge on any atom is -0.488 e. The Bertz CT molecular complexity index is 573. The Morgan fingerprint density at radius 1 is 1.21 bits per heavy atom. The van der Waals surface area contributed by atoms with Crippen LogP contribution in [-0.4, -0.2) is 10.1 Å². The van der Waals surface area contributed by atoms with Crippen molar-refractivity contribution in [3.8, 4) is 5.75 Å². The number of nitrogens with zero attached hydrogens (tertiary/aromatic N) is 1. The van der Waals surface area contributed by atoms with Crippen LogP contribution >= 0.6 is 0 Å². The molecule has 1 atom stereocenters. The molecule has 19 heavy (non-hydrogen) atoms. The molecule has 0 bridgehead atoms. The zero-order valence-electron chi connectivity index (χ0n) is 10.3. The summed E-state index contributed by atoms with van der Waals surface area (Å²) in [7, 11) is 0. The summed E-state index contributed by atoms with van der Waals surface area (Å²) >= 11 is 0. The SMILES string of the molecule is C[C@H](O)c1cc(F)ccc1OCc1cncc(F)c1. The van der Waals surface area contributed by atoms with Gasteiger partial charge in [-0.3, -0.25) is 4.98 Å². The molecule has 0 fully saturated rings. The summed E-state index contributed by atoms with van der Waals surface area (Å²) in [6.07, 6.45) is 1.73. The Balaban J connectivity index is 2.15. The van der Waals surface area contributed by atoms with E-state index in [0.29, 0.717) is 16.9 Å². The highest BCUT2D eigenvalue weighted by molar-refractivity contribution is 5.35. The number of hydrogen-bond donors (Lipinski definition) is 1. The maximum atomic E-state index is 13.1. The fourth-order valence-corrected chi connectivity index (χ4v) is 1.67. The predicted octanol–water partition coefficient (Wildman–Crippen LogP) is 2.99. The molecular formula is C14H13F2NO2. The van der Waals surface area contributed by atoms with E-state index in [1.807, 2.05) is 0 Å². The van der Waals surface area contributed by atoms with Crippen molar-refractivity contribution in [2.45, 2.75) is 19.6 Å². The lowest BCUT2D eigenvalue weighted by Crippen LogP contribution is -2.02. The molecule has 1 aromatic carbocycles. The average Bonchev–Trinajstić information content (AvgIpc) is 2.37. The maximum Gasteiger partial charge on any atom is 0.141 e. The number of benzene rings is 1. The molecule has 2 aromatic rings. The van der Waals surface area contributed by atoms with Gasteiger partial charge in [-0.2, -0.15) is 0 Å². The van der Waals surface area contributed by atoms with Crippen LogP contribution in [0.5, 0.6) is 5.75 Å². The van der Waals surface area contributed by atoms with Crippen LogP contribution in [0.15, 0.2) is 36.7 Å². The van der Waals surface area contributed by atoms with Gasteiger partial charge in [-0.15, -0.1) is 0 Å². The van der Waals surface area contributed by atoms with Crippen molar-refractivity contribution in [1.82, 2.24) is 4.98 Å². The van der Waals surface area contributed by atoms with Gasteiger partial charge in [0.05, 0.1) is 12.3 Å². The van der Waals surface area contributed by atoms with Crippen molar-refractivity contribution in [2.75, 3.05) is 0 Å². The summed E-state index contributed by atoms with van der Waals surface area (Å²) in [5.41, 5.74) is 0.908. The summed E-state index contributed by atoms with van der Waals surface area (Å²) in [4.78, 5) is 3.70. The van der Waals surface area contributed by atoms with Gasteiger partial charge in [-0.1, -0.05) is 0 Å². The normalized spacial score (nSPS) is 12.2. The van der Waals surface area contributed by atoms with Gasteiger partial charge in [0.25, 0.3) is 0 Å². The zero-order chi connectivity index (χ0) is 13.8.